The number of hydrogen-bond donors (Lipinski definition) is 1. The molecule has 3 aromatic rings. The third kappa shape index (κ3) is 2.65. The van der Waals surface area contributed by atoms with Gasteiger partial charge in [0.25, 0.3) is 10.9 Å². The smallest absolute Gasteiger partial charge is 0.268 e. The summed E-state index contributed by atoms with van der Waals surface area (Å²) in [7, 11) is -3.66. The number of aromatic nitrogens is 4. The topological polar surface area (TPSA) is 127 Å². The molecular formula is C13H8Cl2N6O2S. The molecule has 0 fully saturated rings. The molecule has 0 bridgehead atoms. The SMILES string of the molecule is CS(=O)(=O)c1nc2nc(-c3ccc(Cl)cc3Cl)c(C#N)c(N)n2n1. The standard InChI is InChI=1S/C13H8Cl2N6O2S/c1-24(22,23)13-19-12-18-10(7-3-2-6(14)4-9(7)15)8(5-16)11(17)21(12)20-13/h2-4H,17H2,1H3. The summed E-state index contributed by atoms with van der Waals surface area (Å²) in [6, 6.07) is 6.58. The van der Waals surface area contributed by atoms with Crippen molar-refractivity contribution in [1.82, 2.24) is 19.6 Å². The van der Waals surface area contributed by atoms with Gasteiger partial charge in [-0.3, -0.25) is 0 Å². The first kappa shape index (κ1) is 16.4. The fourth-order valence-electron chi connectivity index (χ4n) is 2.05. The van der Waals surface area contributed by atoms with Gasteiger partial charge in [0.2, 0.25) is 9.84 Å². The van der Waals surface area contributed by atoms with E-state index in [-0.39, 0.29) is 27.9 Å². The zero-order chi connectivity index (χ0) is 17.6. The Morgan fingerprint density at radius 1 is 1.29 bits per heavy atom. The number of sulfone groups is 1. The second-order valence-corrected chi connectivity index (χ2v) is 7.59. The Labute approximate surface area is 146 Å². The van der Waals surface area contributed by atoms with Crippen LogP contribution in [0.25, 0.3) is 17.0 Å². The van der Waals surface area contributed by atoms with Gasteiger partial charge in [-0.1, -0.05) is 23.2 Å². The van der Waals surface area contributed by atoms with E-state index in [1.54, 1.807) is 12.1 Å². The highest BCUT2D eigenvalue weighted by Gasteiger charge is 2.22. The van der Waals surface area contributed by atoms with Gasteiger partial charge in [0.1, 0.15) is 17.5 Å². The molecule has 0 spiro atoms. The first-order valence-electron chi connectivity index (χ1n) is 6.34. The van der Waals surface area contributed by atoms with E-state index < -0.39 is 15.0 Å². The van der Waals surface area contributed by atoms with Gasteiger partial charge in [-0.15, -0.1) is 5.10 Å². The molecule has 0 aliphatic rings. The quantitative estimate of drug-likeness (QED) is 0.716. The van der Waals surface area contributed by atoms with E-state index in [4.69, 9.17) is 28.9 Å². The maximum atomic E-state index is 11.6. The summed E-state index contributed by atoms with van der Waals surface area (Å²) < 4.78 is 24.2. The minimum Gasteiger partial charge on any atom is -0.382 e. The number of nitriles is 1. The third-order valence-corrected chi connectivity index (χ3v) is 4.52. The molecule has 8 nitrogen and oxygen atoms in total. The molecule has 1 aromatic carbocycles. The maximum Gasteiger partial charge on any atom is 0.268 e. The summed E-state index contributed by atoms with van der Waals surface area (Å²) in [6.07, 6.45) is 0.958. The number of halogens is 2. The van der Waals surface area contributed by atoms with Gasteiger partial charge in [0.05, 0.1) is 10.7 Å². The van der Waals surface area contributed by atoms with Crippen LogP contribution in [0.3, 0.4) is 0 Å². The average molecular weight is 383 g/mol. The van der Waals surface area contributed by atoms with Crippen molar-refractivity contribution in [3.63, 3.8) is 0 Å². The van der Waals surface area contributed by atoms with Crippen LogP contribution >= 0.6 is 23.2 Å². The van der Waals surface area contributed by atoms with E-state index in [2.05, 4.69) is 15.1 Å². The predicted molar refractivity (Wildman–Crippen MR) is 88.5 cm³/mol. The van der Waals surface area contributed by atoms with E-state index in [9.17, 15) is 13.7 Å². The molecule has 0 atom stereocenters. The summed E-state index contributed by atoms with van der Waals surface area (Å²) in [4.78, 5) is 8.04. The minimum absolute atomic E-state index is 0.00308. The summed E-state index contributed by atoms with van der Waals surface area (Å²) in [5.74, 6) is -0.154. The van der Waals surface area contributed by atoms with Crippen LogP contribution in [0.4, 0.5) is 5.82 Å². The molecule has 0 saturated carbocycles. The Balaban J connectivity index is 2.39. The zero-order valence-corrected chi connectivity index (χ0v) is 14.4. The number of anilines is 1. The lowest BCUT2D eigenvalue weighted by molar-refractivity contribution is 0.593. The number of rotatable bonds is 2. The number of hydrogen-bond acceptors (Lipinski definition) is 7. The van der Waals surface area contributed by atoms with Crippen LogP contribution in [0.15, 0.2) is 23.4 Å². The van der Waals surface area contributed by atoms with Gasteiger partial charge in [-0.2, -0.15) is 14.8 Å². The van der Waals surface area contributed by atoms with E-state index in [1.165, 1.54) is 6.07 Å². The molecule has 122 valence electrons. The predicted octanol–water partition coefficient (Wildman–Crippen LogP) is 1.96. The van der Waals surface area contributed by atoms with Crippen molar-refractivity contribution >= 4 is 44.6 Å². The second kappa shape index (κ2) is 5.59. The normalized spacial score (nSPS) is 11.6. The van der Waals surface area contributed by atoms with Gasteiger partial charge >= 0.3 is 0 Å². The molecule has 0 saturated heterocycles. The molecule has 0 unspecified atom stereocenters. The van der Waals surface area contributed by atoms with Crippen LogP contribution in [-0.4, -0.2) is 34.3 Å². The van der Waals surface area contributed by atoms with Crippen molar-refractivity contribution in [3.05, 3.63) is 33.8 Å². The molecule has 3 rings (SSSR count). The van der Waals surface area contributed by atoms with Crippen LogP contribution < -0.4 is 5.73 Å². The van der Waals surface area contributed by atoms with Crippen molar-refractivity contribution in [2.75, 3.05) is 12.0 Å². The molecule has 24 heavy (non-hydrogen) atoms. The first-order valence-corrected chi connectivity index (χ1v) is 8.99. The molecule has 0 amide bonds. The first-order chi connectivity index (χ1) is 11.2. The molecule has 2 N–H and O–H groups in total. The fourth-order valence-corrected chi connectivity index (χ4v) is 3.02. The second-order valence-electron chi connectivity index (χ2n) is 4.83. The van der Waals surface area contributed by atoms with Crippen molar-refractivity contribution in [3.8, 4) is 17.3 Å². The van der Waals surface area contributed by atoms with Crippen LogP contribution in [0.1, 0.15) is 5.56 Å². The summed E-state index contributed by atoms with van der Waals surface area (Å²) in [5, 5.41) is 13.4. The third-order valence-electron chi connectivity index (χ3n) is 3.13. The van der Waals surface area contributed by atoms with E-state index in [0.29, 0.717) is 10.6 Å². The van der Waals surface area contributed by atoms with Crippen molar-refractivity contribution in [1.29, 1.82) is 5.26 Å². The largest absolute Gasteiger partial charge is 0.382 e. The highest BCUT2D eigenvalue weighted by Crippen LogP contribution is 2.33. The molecule has 2 heterocycles. The van der Waals surface area contributed by atoms with Crippen molar-refractivity contribution in [2.45, 2.75) is 5.16 Å². The Kier molecular flexibility index (Phi) is 3.83. The van der Waals surface area contributed by atoms with Gasteiger partial charge in [-0.25, -0.2) is 13.4 Å². The summed E-state index contributed by atoms with van der Waals surface area (Å²) in [6.45, 7) is 0. The lowest BCUT2D eigenvalue weighted by Gasteiger charge is -2.08. The fraction of sp³-hybridized carbons (Fsp3) is 0.0769. The molecule has 0 aliphatic heterocycles. The van der Waals surface area contributed by atoms with Gasteiger partial charge in [0.15, 0.2) is 0 Å². The Morgan fingerprint density at radius 3 is 2.58 bits per heavy atom. The highest BCUT2D eigenvalue weighted by atomic mass is 35.5. The zero-order valence-electron chi connectivity index (χ0n) is 12.0. The van der Waals surface area contributed by atoms with Crippen LogP contribution in [-0.2, 0) is 9.84 Å². The Bertz CT molecular complexity index is 1130. The molecule has 0 aliphatic carbocycles. The minimum atomic E-state index is -3.66. The van der Waals surface area contributed by atoms with Crippen molar-refractivity contribution < 1.29 is 8.42 Å². The van der Waals surface area contributed by atoms with E-state index in [0.717, 1.165) is 10.8 Å². The number of benzene rings is 1. The molecular weight excluding hydrogens is 375 g/mol. The Hall–Kier alpha value is -2.41. The molecule has 11 heteroatoms. The lowest BCUT2D eigenvalue weighted by atomic mass is 10.1. The van der Waals surface area contributed by atoms with Crippen LogP contribution in [0.5, 0.6) is 0 Å². The van der Waals surface area contributed by atoms with Gasteiger partial charge < -0.3 is 5.73 Å². The van der Waals surface area contributed by atoms with Gasteiger partial charge in [0, 0.05) is 16.8 Å². The van der Waals surface area contributed by atoms with Crippen LogP contribution in [0, 0.1) is 11.3 Å². The highest BCUT2D eigenvalue weighted by molar-refractivity contribution is 7.90. The van der Waals surface area contributed by atoms with E-state index >= 15 is 0 Å². The van der Waals surface area contributed by atoms with Crippen LogP contribution in [0.2, 0.25) is 10.0 Å². The number of nitrogens with two attached hydrogens (primary N) is 1. The molecule has 2 aromatic heterocycles. The molecule has 0 radical (unpaired) electrons. The average Bonchev–Trinajstić information content (AvgIpc) is 2.92. The van der Waals surface area contributed by atoms with Gasteiger partial charge in [-0.05, 0) is 18.2 Å². The number of nitrogens with zero attached hydrogens (tertiary/aromatic N) is 5. The van der Waals surface area contributed by atoms with E-state index in [1.807, 2.05) is 6.07 Å². The Morgan fingerprint density at radius 2 is 2.00 bits per heavy atom. The monoisotopic (exact) mass is 382 g/mol. The maximum absolute atomic E-state index is 11.6. The summed E-state index contributed by atoms with van der Waals surface area (Å²) in [5.41, 5.74) is 6.51. The summed E-state index contributed by atoms with van der Waals surface area (Å²) >= 11 is 12.0. The number of fused-ring (bicyclic) bond motifs is 1. The number of nitrogen functional groups attached to an aromatic ring is 1. The lowest BCUT2D eigenvalue weighted by Crippen LogP contribution is -2.07. The van der Waals surface area contributed by atoms with Crippen molar-refractivity contribution in [2.24, 2.45) is 0 Å².